The van der Waals surface area contributed by atoms with Gasteiger partial charge in [-0.3, -0.25) is 0 Å². The monoisotopic (exact) mass is 258 g/mol. The van der Waals surface area contributed by atoms with E-state index in [1.165, 1.54) is 0 Å². The Morgan fingerprint density at radius 2 is 1.74 bits per heavy atom. The minimum Gasteiger partial charge on any atom is -0.481 e. The lowest BCUT2D eigenvalue weighted by atomic mass is 10.1. The van der Waals surface area contributed by atoms with Crippen molar-refractivity contribution in [2.24, 2.45) is 0 Å². The summed E-state index contributed by atoms with van der Waals surface area (Å²) in [7, 11) is 0. The van der Waals surface area contributed by atoms with Gasteiger partial charge in [-0.2, -0.15) is 0 Å². The number of carbonyl (C=O) groups is 1. The van der Waals surface area contributed by atoms with Crippen molar-refractivity contribution in [2.75, 3.05) is 6.61 Å². The van der Waals surface area contributed by atoms with E-state index in [1.807, 2.05) is 63.2 Å². The van der Waals surface area contributed by atoms with Crippen LogP contribution >= 0.6 is 0 Å². The summed E-state index contributed by atoms with van der Waals surface area (Å²) in [5, 5.41) is 2.08. The maximum absolute atomic E-state index is 11.6. The topological polar surface area (TPSA) is 35.5 Å². The molecule has 0 spiro atoms. The molecule has 0 saturated carbocycles. The summed E-state index contributed by atoms with van der Waals surface area (Å²) >= 11 is 0. The first kappa shape index (κ1) is 13.4. The lowest BCUT2D eigenvalue weighted by molar-refractivity contribution is -0.157. The number of fused-ring (bicyclic) bond motifs is 1. The molecule has 0 aromatic heterocycles. The summed E-state index contributed by atoms with van der Waals surface area (Å²) in [5.74, 6) is 0.337. The molecule has 100 valence electrons. The molecule has 3 nitrogen and oxygen atoms in total. The average Bonchev–Trinajstić information content (AvgIpc) is 2.34. The van der Waals surface area contributed by atoms with Gasteiger partial charge in [-0.1, -0.05) is 36.4 Å². The molecule has 0 fully saturated rings. The van der Waals surface area contributed by atoms with Crippen molar-refractivity contribution in [3.63, 3.8) is 0 Å². The zero-order valence-electron chi connectivity index (χ0n) is 11.5. The maximum Gasteiger partial charge on any atom is 0.344 e. The normalized spacial score (nSPS) is 11.3. The van der Waals surface area contributed by atoms with Gasteiger partial charge in [0.15, 0.2) is 6.61 Å². The van der Waals surface area contributed by atoms with Crippen molar-refractivity contribution in [1.82, 2.24) is 0 Å². The highest BCUT2D eigenvalue weighted by Gasteiger charge is 2.16. The average molecular weight is 258 g/mol. The van der Waals surface area contributed by atoms with Crippen LogP contribution in [0.2, 0.25) is 0 Å². The second-order valence-electron chi connectivity index (χ2n) is 5.35. The zero-order valence-corrected chi connectivity index (χ0v) is 11.5. The molecule has 0 aliphatic rings. The summed E-state index contributed by atoms with van der Waals surface area (Å²) in [6, 6.07) is 13.7. The lowest BCUT2D eigenvalue weighted by Gasteiger charge is -2.19. The Labute approximate surface area is 113 Å². The van der Waals surface area contributed by atoms with Gasteiger partial charge in [0.25, 0.3) is 0 Å². The quantitative estimate of drug-likeness (QED) is 0.790. The minimum absolute atomic E-state index is 0.0781. The number of esters is 1. The molecule has 19 heavy (non-hydrogen) atoms. The van der Waals surface area contributed by atoms with Crippen LogP contribution in [0.15, 0.2) is 42.5 Å². The van der Waals surface area contributed by atoms with E-state index in [2.05, 4.69) is 0 Å². The molecular formula is C16H18O3. The third-order valence-corrected chi connectivity index (χ3v) is 2.52. The Balaban J connectivity index is 2.08. The maximum atomic E-state index is 11.6. The van der Waals surface area contributed by atoms with Crippen molar-refractivity contribution in [3.05, 3.63) is 42.5 Å². The smallest absolute Gasteiger partial charge is 0.344 e. The highest BCUT2D eigenvalue weighted by atomic mass is 16.6. The van der Waals surface area contributed by atoms with Crippen LogP contribution in [-0.4, -0.2) is 18.2 Å². The molecule has 0 saturated heterocycles. The molecule has 0 N–H and O–H groups in total. The first-order chi connectivity index (χ1) is 8.96. The molecule has 0 heterocycles. The van der Waals surface area contributed by atoms with E-state index in [9.17, 15) is 4.79 Å². The van der Waals surface area contributed by atoms with Gasteiger partial charge in [0.2, 0.25) is 0 Å². The number of carbonyl (C=O) groups excluding carboxylic acids is 1. The van der Waals surface area contributed by atoms with Crippen LogP contribution in [-0.2, 0) is 9.53 Å². The van der Waals surface area contributed by atoms with Gasteiger partial charge in [0, 0.05) is 5.39 Å². The molecule has 2 aromatic rings. The SMILES string of the molecule is CC(C)(C)OC(=O)COc1cccc2ccccc12. The fourth-order valence-electron chi connectivity index (χ4n) is 1.83. The van der Waals surface area contributed by atoms with Crippen molar-refractivity contribution < 1.29 is 14.3 Å². The minimum atomic E-state index is -0.487. The van der Waals surface area contributed by atoms with Crippen LogP contribution in [0, 0.1) is 0 Å². The van der Waals surface area contributed by atoms with Crippen LogP contribution in [0.25, 0.3) is 10.8 Å². The molecule has 0 bridgehead atoms. The molecular weight excluding hydrogens is 240 g/mol. The predicted molar refractivity (Wildman–Crippen MR) is 75.3 cm³/mol. The molecule has 0 unspecified atom stereocenters. The van der Waals surface area contributed by atoms with E-state index in [-0.39, 0.29) is 12.6 Å². The summed E-state index contributed by atoms with van der Waals surface area (Å²) in [5.41, 5.74) is -0.487. The first-order valence-electron chi connectivity index (χ1n) is 6.28. The number of hydrogen-bond acceptors (Lipinski definition) is 3. The van der Waals surface area contributed by atoms with E-state index >= 15 is 0 Å². The molecule has 3 heteroatoms. The third-order valence-electron chi connectivity index (χ3n) is 2.52. The van der Waals surface area contributed by atoms with E-state index in [4.69, 9.17) is 9.47 Å². The van der Waals surface area contributed by atoms with Crippen molar-refractivity contribution in [2.45, 2.75) is 26.4 Å². The number of hydrogen-bond donors (Lipinski definition) is 0. The van der Waals surface area contributed by atoms with Crippen molar-refractivity contribution in [1.29, 1.82) is 0 Å². The fraction of sp³-hybridized carbons (Fsp3) is 0.312. The van der Waals surface area contributed by atoms with Crippen LogP contribution < -0.4 is 4.74 Å². The first-order valence-corrected chi connectivity index (χ1v) is 6.28. The standard InChI is InChI=1S/C16H18O3/c1-16(2,3)19-15(17)11-18-14-10-6-8-12-7-4-5-9-13(12)14/h4-10H,11H2,1-3H3. The Hall–Kier alpha value is -2.03. The van der Waals surface area contributed by atoms with E-state index in [1.54, 1.807) is 0 Å². The number of benzene rings is 2. The Morgan fingerprint density at radius 1 is 1.05 bits per heavy atom. The van der Waals surface area contributed by atoms with Crippen LogP contribution in [0.3, 0.4) is 0 Å². The van der Waals surface area contributed by atoms with Crippen LogP contribution in [0.4, 0.5) is 0 Å². The summed E-state index contributed by atoms with van der Waals surface area (Å²) in [4.78, 5) is 11.6. The van der Waals surface area contributed by atoms with E-state index in [0.717, 1.165) is 10.8 Å². The number of rotatable bonds is 3. The molecule has 0 aliphatic carbocycles. The molecule has 0 radical (unpaired) electrons. The van der Waals surface area contributed by atoms with Gasteiger partial charge in [0.1, 0.15) is 11.4 Å². The second kappa shape index (κ2) is 5.31. The van der Waals surface area contributed by atoms with Gasteiger partial charge in [-0.25, -0.2) is 4.79 Å². The van der Waals surface area contributed by atoms with E-state index in [0.29, 0.717) is 5.75 Å². The molecule has 0 atom stereocenters. The summed E-state index contributed by atoms with van der Waals surface area (Å²) < 4.78 is 10.8. The predicted octanol–water partition coefficient (Wildman–Crippen LogP) is 3.56. The lowest BCUT2D eigenvalue weighted by Crippen LogP contribution is -2.27. The second-order valence-corrected chi connectivity index (χ2v) is 5.35. The van der Waals surface area contributed by atoms with Gasteiger partial charge >= 0.3 is 5.97 Å². The Morgan fingerprint density at radius 3 is 2.47 bits per heavy atom. The van der Waals surface area contributed by atoms with Crippen LogP contribution in [0.5, 0.6) is 5.75 Å². The molecule has 0 amide bonds. The number of ether oxygens (including phenoxy) is 2. The summed E-state index contributed by atoms with van der Waals surface area (Å²) in [6.07, 6.45) is 0. The Bertz CT molecular complexity index is 577. The highest BCUT2D eigenvalue weighted by molar-refractivity contribution is 5.88. The van der Waals surface area contributed by atoms with Crippen LogP contribution in [0.1, 0.15) is 20.8 Å². The molecule has 2 rings (SSSR count). The molecule has 2 aromatic carbocycles. The van der Waals surface area contributed by atoms with Crippen molar-refractivity contribution in [3.8, 4) is 5.75 Å². The summed E-state index contributed by atoms with van der Waals surface area (Å²) in [6.45, 7) is 5.43. The van der Waals surface area contributed by atoms with E-state index < -0.39 is 5.60 Å². The van der Waals surface area contributed by atoms with Gasteiger partial charge in [-0.05, 0) is 32.2 Å². The third kappa shape index (κ3) is 3.71. The fourth-order valence-corrected chi connectivity index (χ4v) is 1.83. The largest absolute Gasteiger partial charge is 0.481 e. The van der Waals surface area contributed by atoms with Gasteiger partial charge < -0.3 is 9.47 Å². The van der Waals surface area contributed by atoms with Crippen molar-refractivity contribution >= 4 is 16.7 Å². The Kier molecular flexibility index (Phi) is 3.74. The molecule has 0 aliphatic heterocycles. The van der Waals surface area contributed by atoms with Gasteiger partial charge in [0.05, 0.1) is 0 Å². The highest BCUT2D eigenvalue weighted by Crippen LogP contribution is 2.25. The van der Waals surface area contributed by atoms with Gasteiger partial charge in [-0.15, -0.1) is 0 Å². The zero-order chi connectivity index (χ0) is 13.9.